The van der Waals surface area contributed by atoms with Crippen LogP contribution in [0.1, 0.15) is 5.56 Å². The highest BCUT2D eigenvalue weighted by atomic mass is 16.1. The van der Waals surface area contributed by atoms with E-state index in [0.29, 0.717) is 11.2 Å². The van der Waals surface area contributed by atoms with Crippen molar-refractivity contribution < 1.29 is 0 Å². The maximum absolute atomic E-state index is 12.3. The number of aromatic nitrogens is 2. The molecular weight excluding hydrogens is 372 g/mol. The number of nitrogens with zero attached hydrogens (tertiary/aromatic N) is 3. The van der Waals surface area contributed by atoms with Crippen LogP contribution in [-0.2, 0) is 6.54 Å². The van der Waals surface area contributed by atoms with Crippen molar-refractivity contribution in [3.05, 3.63) is 94.8 Å². The molecule has 1 fully saturated rings. The molecule has 5 rings (SSSR count). The molecular formula is C25H24N4O. The van der Waals surface area contributed by atoms with E-state index in [1.54, 1.807) is 6.07 Å². The Hall–Kier alpha value is -3.44. The number of H-pyrrole nitrogens is 1. The zero-order chi connectivity index (χ0) is 20.3. The topological polar surface area (TPSA) is 52.2 Å². The van der Waals surface area contributed by atoms with Crippen molar-refractivity contribution >= 4 is 16.6 Å². The Morgan fingerprint density at radius 2 is 1.50 bits per heavy atom. The standard InChI is InChI=1S/C25H24N4O/c30-25-22-8-4-5-9-23(22)26-24(27-25)20-10-12-21(13-11-20)29-16-14-28(15-17-29)18-19-6-2-1-3-7-19/h1-13H,14-18H2,(H,26,27,30). The van der Waals surface area contributed by atoms with E-state index < -0.39 is 0 Å². The van der Waals surface area contributed by atoms with Gasteiger partial charge in [0.05, 0.1) is 10.9 Å². The van der Waals surface area contributed by atoms with E-state index in [4.69, 9.17) is 0 Å². The molecule has 0 amide bonds. The van der Waals surface area contributed by atoms with Gasteiger partial charge >= 0.3 is 0 Å². The third-order valence-electron chi connectivity index (χ3n) is 5.74. The third kappa shape index (κ3) is 3.84. The molecule has 3 aromatic carbocycles. The normalized spacial score (nSPS) is 14.9. The zero-order valence-electron chi connectivity index (χ0n) is 16.8. The minimum absolute atomic E-state index is 0.103. The lowest BCUT2D eigenvalue weighted by molar-refractivity contribution is 0.250. The quantitative estimate of drug-likeness (QED) is 0.568. The SMILES string of the molecule is O=c1[nH]c(-c2ccc(N3CCN(Cc4ccccc4)CC3)cc2)nc2ccccc12. The van der Waals surface area contributed by atoms with Crippen molar-refractivity contribution in [1.82, 2.24) is 14.9 Å². The van der Waals surface area contributed by atoms with Crippen LogP contribution in [0.25, 0.3) is 22.3 Å². The van der Waals surface area contributed by atoms with Crippen molar-refractivity contribution in [3.63, 3.8) is 0 Å². The summed E-state index contributed by atoms with van der Waals surface area (Å²) in [7, 11) is 0. The van der Waals surface area contributed by atoms with Gasteiger partial charge in [0.2, 0.25) is 0 Å². The molecule has 0 atom stereocenters. The van der Waals surface area contributed by atoms with E-state index in [9.17, 15) is 4.79 Å². The number of hydrogen-bond acceptors (Lipinski definition) is 4. The smallest absolute Gasteiger partial charge is 0.259 e. The molecule has 0 aliphatic carbocycles. The second-order valence-electron chi connectivity index (χ2n) is 7.73. The molecule has 5 heteroatoms. The van der Waals surface area contributed by atoms with Gasteiger partial charge in [-0.05, 0) is 42.0 Å². The highest BCUT2D eigenvalue weighted by Crippen LogP contribution is 2.22. The first kappa shape index (κ1) is 18.6. The molecule has 1 aliphatic heterocycles. The summed E-state index contributed by atoms with van der Waals surface area (Å²) >= 11 is 0. The number of para-hydroxylation sites is 1. The van der Waals surface area contributed by atoms with Crippen LogP contribution in [0.4, 0.5) is 5.69 Å². The lowest BCUT2D eigenvalue weighted by Crippen LogP contribution is -2.45. The van der Waals surface area contributed by atoms with Crippen LogP contribution in [-0.4, -0.2) is 41.0 Å². The predicted molar refractivity (Wildman–Crippen MR) is 122 cm³/mol. The van der Waals surface area contributed by atoms with Crippen LogP contribution in [0.15, 0.2) is 83.7 Å². The fourth-order valence-electron chi connectivity index (χ4n) is 4.06. The maximum Gasteiger partial charge on any atom is 0.259 e. The van der Waals surface area contributed by atoms with Crippen molar-refractivity contribution in [3.8, 4) is 11.4 Å². The minimum atomic E-state index is -0.103. The number of fused-ring (bicyclic) bond motifs is 1. The molecule has 0 bridgehead atoms. The Morgan fingerprint density at radius 1 is 0.800 bits per heavy atom. The first-order valence-corrected chi connectivity index (χ1v) is 10.4. The summed E-state index contributed by atoms with van der Waals surface area (Å²) in [5.74, 6) is 0.609. The zero-order valence-corrected chi connectivity index (χ0v) is 16.8. The molecule has 150 valence electrons. The molecule has 0 unspecified atom stereocenters. The minimum Gasteiger partial charge on any atom is -0.369 e. The van der Waals surface area contributed by atoms with Gasteiger partial charge in [-0.25, -0.2) is 4.98 Å². The van der Waals surface area contributed by atoms with E-state index in [2.05, 4.69) is 62.2 Å². The van der Waals surface area contributed by atoms with Crippen LogP contribution in [0, 0.1) is 0 Å². The Morgan fingerprint density at radius 3 is 2.27 bits per heavy atom. The largest absolute Gasteiger partial charge is 0.369 e. The molecule has 30 heavy (non-hydrogen) atoms. The van der Waals surface area contributed by atoms with Crippen molar-refractivity contribution in [2.75, 3.05) is 31.1 Å². The van der Waals surface area contributed by atoms with Crippen LogP contribution in [0.2, 0.25) is 0 Å². The van der Waals surface area contributed by atoms with Gasteiger partial charge in [0, 0.05) is 44.0 Å². The number of rotatable bonds is 4. The monoisotopic (exact) mass is 396 g/mol. The predicted octanol–water partition coefficient (Wildman–Crippen LogP) is 3.91. The fourth-order valence-corrected chi connectivity index (χ4v) is 4.06. The van der Waals surface area contributed by atoms with E-state index in [0.717, 1.165) is 43.8 Å². The average Bonchev–Trinajstić information content (AvgIpc) is 2.80. The van der Waals surface area contributed by atoms with E-state index in [1.165, 1.54) is 11.3 Å². The van der Waals surface area contributed by atoms with Crippen LogP contribution in [0.5, 0.6) is 0 Å². The Balaban J connectivity index is 1.27. The Bertz CT molecular complexity index is 1190. The molecule has 1 aliphatic rings. The molecule has 0 saturated carbocycles. The summed E-state index contributed by atoms with van der Waals surface area (Å²) in [4.78, 5) is 24.8. The number of hydrogen-bond donors (Lipinski definition) is 1. The molecule has 1 saturated heterocycles. The Labute approximate surface area is 175 Å². The highest BCUT2D eigenvalue weighted by molar-refractivity contribution is 5.79. The number of nitrogens with one attached hydrogen (secondary N) is 1. The van der Waals surface area contributed by atoms with E-state index in [-0.39, 0.29) is 5.56 Å². The van der Waals surface area contributed by atoms with Crippen molar-refractivity contribution in [1.29, 1.82) is 0 Å². The van der Waals surface area contributed by atoms with E-state index >= 15 is 0 Å². The lowest BCUT2D eigenvalue weighted by atomic mass is 10.1. The maximum atomic E-state index is 12.3. The summed E-state index contributed by atoms with van der Waals surface area (Å²) in [5, 5.41) is 0.617. The molecule has 2 heterocycles. The molecule has 5 nitrogen and oxygen atoms in total. The highest BCUT2D eigenvalue weighted by Gasteiger charge is 2.17. The van der Waals surface area contributed by atoms with Gasteiger partial charge < -0.3 is 9.88 Å². The number of piperazine rings is 1. The first-order chi connectivity index (χ1) is 14.8. The third-order valence-corrected chi connectivity index (χ3v) is 5.74. The van der Waals surface area contributed by atoms with Crippen molar-refractivity contribution in [2.45, 2.75) is 6.54 Å². The van der Waals surface area contributed by atoms with Gasteiger partial charge in [0.25, 0.3) is 5.56 Å². The van der Waals surface area contributed by atoms with Gasteiger partial charge in [-0.2, -0.15) is 0 Å². The average molecular weight is 396 g/mol. The molecule has 1 N–H and O–H groups in total. The van der Waals surface area contributed by atoms with Crippen molar-refractivity contribution in [2.24, 2.45) is 0 Å². The number of aromatic amines is 1. The van der Waals surface area contributed by atoms with Gasteiger partial charge in [-0.1, -0.05) is 42.5 Å². The Kier molecular flexibility index (Phi) is 5.03. The summed E-state index contributed by atoms with van der Waals surface area (Å²) in [6.45, 7) is 5.13. The summed E-state index contributed by atoms with van der Waals surface area (Å²) in [6.07, 6.45) is 0. The number of anilines is 1. The summed E-state index contributed by atoms with van der Waals surface area (Å²) < 4.78 is 0. The van der Waals surface area contributed by atoms with Crippen LogP contribution >= 0.6 is 0 Å². The second kappa shape index (κ2) is 8.13. The first-order valence-electron chi connectivity index (χ1n) is 10.4. The lowest BCUT2D eigenvalue weighted by Gasteiger charge is -2.36. The van der Waals surface area contributed by atoms with E-state index in [1.807, 2.05) is 30.3 Å². The molecule has 0 radical (unpaired) electrons. The molecule has 4 aromatic rings. The fraction of sp³-hybridized carbons (Fsp3) is 0.200. The van der Waals surface area contributed by atoms with Gasteiger partial charge in [0.1, 0.15) is 5.82 Å². The molecule has 0 spiro atoms. The van der Waals surface area contributed by atoms with Gasteiger partial charge in [-0.3, -0.25) is 9.69 Å². The van der Waals surface area contributed by atoms with Crippen LogP contribution < -0.4 is 10.5 Å². The summed E-state index contributed by atoms with van der Waals surface area (Å²) in [6, 6.07) is 26.4. The van der Waals surface area contributed by atoms with Gasteiger partial charge in [-0.15, -0.1) is 0 Å². The van der Waals surface area contributed by atoms with Gasteiger partial charge in [0.15, 0.2) is 0 Å². The molecule has 1 aromatic heterocycles. The van der Waals surface area contributed by atoms with Crippen LogP contribution in [0.3, 0.4) is 0 Å². The second-order valence-corrected chi connectivity index (χ2v) is 7.73. The number of benzene rings is 3. The summed E-state index contributed by atoms with van der Waals surface area (Å²) in [5.41, 5.74) is 4.11.